The van der Waals surface area contributed by atoms with E-state index in [0.717, 1.165) is 30.8 Å². The van der Waals surface area contributed by atoms with Gasteiger partial charge < -0.3 is 14.8 Å². The smallest absolute Gasteiger partial charge is 0.230 e. The highest BCUT2D eigenvalue weighted by Crippen LogP contribution is 2.39. The monoisotopic (exact) mass is 355 g/mol. The Kier molecular flexibility index (Phi) is 4.68. The summed E-state index contributed by atoms with van der Waals surface area (Å²) < 4.78 is 11.6. The molecule has 1 N–H and O–H groups in total. The maximum absolute atomic E-state index is 13.0. The minimum atomic E-state index is -0.000813. The largest absolute Gasteiger partial charge is 0.458 e. The normalized spacial score (nSPS) is 19.7. The second-order valence-corrected chi connectivity index (χ2v) is 7.50. The minimum absolute atomic E-state index is 0.000813. The molecule has 0 amide bonds. The van der Waals surface area contributed by atoms with Crippen LogP contribution in [0.5, 0.6) is 11.5 Å². The van der Waals surface area contributed by atoms with Crippen molar-refractivity contribution in [3.63, 3.8) is 0 Å². The number of hydrogen-bond donors (Lipinski definition) is 1. The average molecular weight is 355 g/mol. The topological polar surface area (TPSA) is 47.6 Å². The highest BCUT2D eigenvalue weighted by molar-refractivity contribution is 7.99. The van der Waals surface area contributed by atoms with Gasteiger partial charge in [-0.25, -0.2) is 0 Å². The summed E-state index contributed by atoms with van der Waals surface area (Å²) in [6.45, 7) is 4.21. The first-order valence-electron chi connectivity index (χ1n) is 8.66. The van der Waals surface area contributed by atoms with Crippen LogP contribution in [-0.2, 0) is 6.42 Å². The molecule has 2 aromatic rings. The van der Waals surface area contributed by atoms with Crippen molar-refractivity contribution in [1.82, 2.24) is 5.32 Å². The Morgan fingerprint density at radius 1 is 1.16 bits per heavy atom. The number of ketones is 1. The highest BCUT2D eigenvalue weighted by atomic mass is 32.2. The molecule has 1 fully saturated rings. The summed E-state index contributed by atoms with van der Waals surface area (Å²) in [7, 11) is 0. The van der Waals surface area contributed by atoms with Crippen LogP contribution in [0.15, 0.2) is 36.4 Å². The van der Waals surface area contributed by atoms with Crippen molar-refractivity contribution in [3.8, 4) is 11.5 Å². The zero-order valence-corrected chi connectivity index (χ0v) is 15.0. The number of nitrogens with one attached hydrogen (secondary N) is 1. The first kappa shape index (κ1) is 16.5. The molecular formula is C20H21NO3S. The van der Waals surface area contributed by atoms with E-state index in [-0.39, 0.29) is 12.6 Å². The van der Waals surface area contributed by atoms with E-state index < -0.39 is 0 Å². The molecule has 2 bridgehead atoms. The average Bonchev–Trinajstić information content (AvgIpc) is 2.68. The van der Waals surface area contributed by atoms with Gasteiger partial charge in [-0.1, -0.05) is 13.0 Å². The molecule has 1 unspecified atom stereocenters. The van der Waals surface area contributed by atoms with E-state index in [1.54, 1.807) is 12.1 Å². The van der Waals surface area contributed by atoms with Crippen LogP contribution in [0.4, 0.5) is 0 Å². The molecule has 1 atom stereocenters. The molecule has 130 valence electrons. The maximum atomic E-state index is 13.0. The first-order chi connectivity index (χ1) is 12.3. The maximum Gasteiger partial charge on any atom is 0.230 e. The van der Waals surface area contributed by atoms with Crippen LogP contribution < -0.4 is 14.8 Å². The van der Waals surface area contributed by atoms with E-state index >= 15 is 0 Å². The summed E-state index contributed by atoms with van der Waals surface area (Å²) in [5.41, 5.74) is 3.65. The molecule has 1 saturated heterocycles. The lowest BCUT2D eigenvalue weighted by Gasteiger charge is -2.27. The van der Waals surface area contributed by atoms with E-state index in [9.17, 15) is 4.79 Å². The predicted molar refractivity (Wildman–Crippen MR) is 99.9 cm³/mol. The van der Waals surface area contributed by atoms with E-state index in [1.165, 1.54) is 5.56 Å². The molecule has 0 spiro atoms. The Morgan fingerprint density at radius 2 is 2.00 bits per heavy atom. The second-order valence-electron chi connectivity index (χ2n) is 6.19. The number of carbonyl (C=O) groups is 1. The summed E-state index contributed by atoms with van der Waals surface area (Å²) in [6, 6.07) is 11.3. The SMILES string of the molecule is CCc1c(C2CNCCS2)ccc2c1OCOc1ccc(cc1)C2=O. The summed E-state index contributed by atoms with van der Waals surface area (Å²) >= 11 is 1.96. The van der Waals surface area contributed by atoms with Crippen molar-refractivity contribution >= 4 is 17.5 Å². The fourth-order valence-corrected chi connectivity index (χ4v) is 4.62. The number of ether oxygens (including phenoxy) is 2. The van der Waals surface area contributed by atoms with Gasteiger partial charge in [0, 0.05) is 29.7 Å². The molecule has 0 aliphatic carbocycles. The van der Waals surface area contributed by atoms with Crippen LogP contribution in [-0.4, -0.2) is 31.4 Å². The van der Waals surface area contributed by atoms with Gasteiger partial charge in [0.2, 0.25) is 6.79 Å². The van der Waals surface area contributed by atoms with Gasteiger partial charge in [-0.05, 0) is 47.9 Å². The van der Waals surface area contributed by atoms with E-state index in [0.29, 0.717) is 27.9 Å². The van der Waals surface area contributed by atoms with Crippen molar-refractivity contribution in [2.45, 2.75) is 18.6 Å². The number of rotatable bonds is 2. The van der Waals surface area contributed by atoms with Gasteiger partial charge in [-0.3, -0.25) is 4.79 Å². The summed E-state index contributed by atoms with van der Waals surface area (Å²) in [6.07, 6.45) is 0.820. The molecule has 25 heavy (non-hydrogen) atoms. The van der Waals surface area contributed by atoms with Gasteiger partial charge in [-0.2, -0.15) is 11.8 Å². The van der Waals surface area contributed by atoms with Crippen molar-refractivity contribution in [1.29, 1.82) is 0 Å². The molecule has 4 nitrogen and oxygen atoms in total. The van der Waals surface area contributed by atoms with E-state index in [2.05, 4.69) is 18.3 Å². The van der Waals surface area contributed by atoms with Crippen LogP contribution in [0.2, 0.25) is 0 Å². The van der Waals surface area contributed by atoms with Gasteiger partial charge in [0.05, 0.1) is 5.56 Å². The Morgan fingerprint density at radius 3 is 2.72 bits per heavy atom. The number of fused-ring (bicyclic) bond motifs is 4. The lowest BCUT2D eigenvalue weighted by molar-refractivity contribution is 0.0997. The van der Waals surface area contributed by atoms with Crippen LogP contribution in [0, 0.1) is 0 Å². The minimum Gasteiger partial charge on any atom is -0.458 e. The molecule has 0 radical (unpaired) electrons. The quantitative estimate of drug-likeness (QED) is 0.892. The van der Waals surface area contributed by atoms with Gasteiger partial charge in [0.15, 0.2) is 5.78 Å². The Balaban J connectivity index is 1.81. The second kappa shape index (κ2) is 7.10. The zero-order chi connectivity index (χ0) is 17.2. The van der Waals surface area contributed by atoms with E-state index in [1.807, 2.05) is 30.0 Å². The number of hydrogen-bond acceptors (Lipinski definition) is 5. The predicted octanol–water partition coefficient (Wildman–Crippen LogP) is 3.59. The number of carbonyl (C=O) groups excluding carboxylic acids is 1. The third-order valence-corrected chi connectivity index (χ3v) is 5.98. The van der Waals surface area contributed by atoms with Crippen molar-refractivity contribution in [2.75, 3.05) is 25.6 Å². The molecule has 5 heteroatoms. The van der Waals surface area contributed by atoms with Crippen molar-refractivity contribution < 1.29 is 14.3 Å². The molecule has 3 aliphatic heterocycles. The summed E-state index contributed by atoms with van der Waals surface area (Å²) in [5, 5.41) is 3.85. The Bertz CT molecular complexity index is 782. The zero-order valence-electron chi connectivity index (χ0n) is 14.2. The number of benzene rings is 2. The third kappa shape index (κ3) is 3.14. The molecule has 0 aromatic heterocycles. The molecule has 3 aliphatic rings. The lowest BCUT2D eigenvalue weighted by atomic mass is 9.93. The van der Waals surface area contributed by atoms with Crippen molar-refractivity contribution in [2.24, 2.45) is 0 Å². The van der Waals surface area contributed by atoms with Crippen LogP contribution in [0.1, 0.15) is 39.2 Å². The van der Waals surface area contributed by atoms with Gasteiger partial charge in [0.1, 0.15) is 11.5 Å². The van der Waals surface area contributed by atoms with Gasteiger partial charge in [0.25, 0.3) is 0 Å². The lowest BCUT2D eigenvalue weighted by Crippen LogP contribution is -2.28. The molecule has 5 rings (SSSR count). The highest BCUT2D eigenvalue weighted by Gasteiger charge is 2.25. The fourth-order valence-electron chi connectivity index (χ4n) is 3.43. The third-order valence-electron chi connectivity index (χ3n) is 4.71. The number of thioether (sulfide) groups is 1. The first-order valence-corrected chi connectivity index (χ1v) is 9.71. The fraction of sp³-hybridized carbons (Fsp3) is 0.350. The summed E-state index contributed by atoms with van der Waals surface area (Å²) in [4.78, 5) is 13.0. The molecular weight excluding hydrogens is 334 g/mol. The van der Waals surface area contributed by atoms with E-state index in [4.69, 9.17) is 9.47 Å². The molecule has 2 aromatic carbocycles. The molecule has 0 saturated carbocycles. The van der Waals surface area contributed by atoms with Crippen LogP contribution >= 0.6 is 11.8 Å². The van der Waals surface area contributed by atoms with Crippen LogP contribution in [0.3, 0.4) is 0 Å². The molecule has 3 heterocycles. The van der Waals surface area contributed by atoms with Gasteiger partial charge in [-0.15, -0.1) is 0 Å². The van der Waals surface area contributed by atoms with Gasteiger partial charge >= 0.3 is 0 Å². The Labute approximate surface area is 151 Å². The van der Waals surface area contributed by atoms with Crippen molar-refractivity contribution in [3.05, 3.63) is 58.7 Å². The summed E-state index contributed by atoms with van der Waals surface area (Å²) in [5.74, 6) is 2.48. The Hall–Kier alpha value is -1.98. The standard InChI is InChI=1S/C20H21NO3S/c1-2-15-16(18-11-21-9-10-25-18)7-8-17-19(22)13-3-5-14(6-4-13)23-12-24-20(15)17/h3-8,18,21H,2,9-12H2,1H3. The van der Waals surface area contributed by atoms with Crippen LogP contribution in [0.25, 0.3) is 0 Å².